The molecule has 2 unspecified atom stereocenters. The lowest BCUT2D eigenvalue weighted by Crippen LogP contribution is -2.48. The first-order valence-corrected chi connectivity index (χ1v) is 12.2. The Morgan fingerprint density at radius 1 is 1.14 bits per heavy atom. The molecule has 36 heavy (non-hydrogen) atoms. The molecule has 9 nitrogen and oxygen atoms in total. The highest BCUT2D eigenvalue weighted by molar-refractivity contribution is 5.83. The predicted molar refractivity (Wildman–Crippen MR) is 141 cm³/mol. The first-order valence-electron chi connectivity index (χ1n) is 12.2. The van der Waals surface area contributed by atoms with Gasteiger partial charge >= 0.3 is 0 Å². The molecule has 4 rings (SSSR count). The number of aliphatic hydroxyl groups is 1. The highest BCUT2D eigenvalue weighted by Gasteiger charge is 2.30. The fourth-order valence-electron chi connectivity index (χ4n) is 4.28. The Bertz CT molecular complexity index is 1140. The molecule has 1 aliphatic heterocycles. The quantitative estimate of drug-likeness (QED) is 0.419. The van der Waals surface area contributed by atoms with Gasteiger partial charge in [0, 0.05) is 38.5 Å². The molecule has 2 heterocycles. The second-order valence-corrected chi connectivity index (χ2v) is 9.31. The Kier molecular flexibility index (Phi) is 8.35. The van der Waals surface area contributed by atoms with Crippen molar-refractivity contribution in [2.24, 2.45) is 5.92 Å². The van der Waals surface area contributed by atoms with Crippen molar-refractivity contribution in [1.29, 1.82) is 0 Å². The van der Waals surface area contributed by atoms with Crippen LogP contribution in [-0.2, 0) is 4.79 Å². The second-order valence-electron chi connectivity index (χ2n) is 9.31. The number of piperidine rings is 1. The van der Waals surface area contributed by atoms with Crippen molar-refractivity contribution >= 4 is 17.5 Å². The largest absolute Gasteiger partial charge is 0.457 e. The highest BCUT2D eigenvalue weighted by atomic mass is 16.5. The number of nitrogens with zero attached hydrogens (tertiary/aromatic N) is 4. The summed E-state index contributed by atoms with van der Waals surface area (Å²) < 4.78 is 5.88. The summed E-state index contributed by atoms with van der Waals surface area (Å²) in [7, 11) is 3.89. The average molecular weight is 491 g/mol. The fraction of sp³-hybridized carbons (Fsp3) is 0.370. The first kappa shape index (κ1) is 25.4. The van der Waals surface area contributed by atoms with Gasteiger partial charge in [-0.15, -0.1) is 0 Å². The number of anilines is 2. The Morgan fingerprint density at radius 3 is 2.56 bits per heavy atom. The minimum atomic E-state index is -0.605. The maximum atomic E-state index is 12.4. The van der Waals surface area contributed by atoms with Crippen molar-refractivity contribution in [3.63, 3.8) is 0 Å². The molecule has 1 saturated heterocycles. The number of aromatic nitrogens is 2. The number of nitrogens with two attached hydrogens (primary N) is 1. The number of likely N-dealkylation sites (tertiary alicyclic amines) is 1. The van der Waals surface area contributed by atoms with Crippen LogP contribution in [0.4, 0.5) is 11.6 Å². The van der Waals surface area contributed by atoms with Gasteiger partial charge in [0.25, 0.3) is 0 Å². The maximum Gasteiger partial charge on any atom is 0.223 e. The fourth-order valence-corrected chi connectivity index (χ4v) is 4.28. The summed E-state index contributed by atoms with van der Waals surface area (Å²) in [5, 5.41) is 14.1. The third-order valence-electron chi connectivity index (χ3n) is 6.38. The van der Waals surface area contributed by atoms with Crippen molar-refractivity contribution in [3.8, 4) is 22.6 Å². The molecule has 0 bridgehead atoms. The zero-order chi connectivity index (χ0) is 25.5. The van der Waals surface area contributed by atoms with Gasteiger partial charge in [-0.3, -0.25) is 4.79 Å². The number of nitrogen functional groups attached to an aromatic ring is 1. The Labute approximate surface area is 211 Å². The Balaban J connectivity index is 1.39. The third-order valence-corrected chi connectivity index (χ3v) is 6.38. The Hall–Kier alpha value is -3.69. The number of amides is 1. The molecule has 1 fully saturated rings. The molecule has 1 aromatic heterocycles. The number of carbonyl (C=O) groups excluding carboxylic acids is 1. The van der Waals surface area contributed by atoms with Crippen LogP contribution in [0.3, 0.4) is 0 Å². The van der Waals surface area contributed by atoms with Crippen molar-refractivity contribution in [2.75, 3.05) is 51.3 Å². The van der Waals surface area contributed by atoms with E-state index in [0.717, 1.165) is 11.3 Å². The van der Waals surface area contributed by atoms with Gasteiger partial charge in [-0.25, -0.2) is 9.97 Å². The maximum absolute atomic E-state index is 12.4. The lowest BCUT2D eigenvalue weighted by atomic mass is 9.93. The standard InChI is InChI=1S/C27H34N6O3/c1-32(2)14-13-24(35)33-15-12-20(23(34)17-33)16-29-27-25(26(28)30-18-31-27)19-8-10-22(11-9-19)36-21-6-4-3-5-7-21/h3-11,18,20,23,34H,12-17H2,1-2H3,(H3,28,29,30,31). The van der Waals surface area contributed by atoms with E-state index in [0.29, 0.717) is 62.0 Å². The van der Waals surface area contributed by atoms with E-state index in [9.17, 15) is 9.90 Å². The van der Waals surface area contributed by atoms with E-state index >= 15 is 0 Å². The summed E-state index contributed by atoms with van der Waals surface area (Å²) in [6.45, 7) is 2.20. The summed E-state index contributed by atoms with van der Waals surface area (Å²) in [6.07, 6.45) is 1.99. The number of rotatable bonds is 9. The van der Waals surface area contributed by atoms with Crippen LogP contribution in [0.15, 0.2) is 60.9 Å². The van der Waals surface area contributed by atoms with Gasteiger partial charge in [0.15, 0.2) is 0 Å². The van der Waals surface area contributed by atoms with Crippen molar-refractivity contribution in [1.82, 2.24) is 19.8 Å². The van der Waals surface area contributed by atoms with Crippen LogP contribution in [0.1, 0.15) is 12.8 Å². The zero-order valence-electron chi connectivity index (χ0n) is 20.8. The number of hydrogen-bond donors (Lipinski definition) is 3. The molecule has 0 saturated carbocycles. The molecular formula is C27H34N6O3. The van der Waals surface area contributed by atoms with Crippen LogP contribution in [0, 0.1) is 5.92 Å². The molecule has 9 heteroatoms. The van der Waals surface area contributed by atoms with E-state index in [1.807, 2.05) is 73.6 Å². The SMILES string of the molecule is CN(C)CCC(=O)N1CCC(CNc2ncnc(N)c2-c2ccc(Oc3ccccc3)cc2)C(O)C1. The Morgan fingerprint density at radius 2 is 1.86 bits per heavy atom. The number of hydrogen-bond acceptors (Lipinski definition) is 8. The molecule has 3 aromatic rings. The van der Waals surface area contributed by atoms with E-state index < -0.39 is 6.10 Å². The van der Waals surface area contributed by atoms with Gasteiger partial charge in [0.2, 0.25) is 5.91 Å². The summed E-state index contributed by atoms with van der Waals surface area (Å²) in [5.41, 5.74) is 7.80. The number of aliphatic hydroxyl groups excluding tert-OH is 1. The van der Waals surface area contributed by atoms with E-state index in [4.69, 9.17) is 10.5 Å². The number of benzene rings is 2. The van der Waals surface area contributed by atoms with Crippen LogP contribution in [0.25, 0.3) is 11.1 Å². The molecular weight excluding hydrogens is 456 g/mol. The van der Waals surface area contributed by atoms with Crippen LogP contribution in [0.2, 0.25) is 0 Å². The molecule has 1 aliphatic rings. The van der Waals surface area contributed by atoms with Crippen molar-refractivity contribution in [3.05, 3.63) is 60.9 Å². The van der Waals surface area contributed by atoms with Gasteiger partial charge in [-0.05, 0) is 50.3 Å². The highest BCUT2D eigenvalue weighted by Crippen LogP contribution is 2.33. The molecule has 4 N–H and O–H groups in total. The number of β-amino-alcohol motifs (C(OH)–C–C–N with tert-alkyl or cyclic N) is 1. The van der Waals surface area contributed by atoms with Gasteiger partial charge in [0.05, 0.1) is 11.7 Å². The smallest absolute Gasteiger partial charge is 0.223 e. The zero-order valence-corrected chi connectivity index (χ0v) is 20.8. The molecule has 1 amide bonds. The van der Waals surface area contributed by atoms with Gasteiger partial charge in [-0.1, -0.05) is 30.3 Å². The average Bonchev–Trinajstić information content (AvgIpc) is 2.88. The van der Waals surface area contributed by atoms with Crippen molar-refractivity contribution in [2.45, 2.75) is 18.9 Å². The third kappa shape index (κ3) is 6.50. The normalized spacial score (nSPS) is 17.7. The lowest BCUT2D eigenvalue weighted by Gasteiger charge is -2.36. The molecule has 0 aliphatic carbocycles. The molecule has 2 aromatic carbocycles. The van der Waals surface area contributed by atoms with E-state index in [1.54, 1.807) is 4.90 Å². The summed E-state index contributed by atoms with van der Waals surface area (Å²) in [6, 6.07) is 17.2. The van der Waals surface area contributed by atoms with Gasteiger partial charge in [-0.2, -0.15) is 0 Å². The minimum Gasteiger partial charge on any atom is -0.457 e. The second kappa shape index (κ2) is 11.8. The number of ether oxygens (including phenoxy) is 1. The van der Waals surface area contributed by atoms with Crippen LogP contribution in [0.5, 0.6) is 11.5 Å². The van der Waals surface area contributed by atoms with Crippen LogP contribution < -0.4 is 15.8 Å². The summed E-state index contributed by atoms with van der Waals surface area (Å²) >= 11 is 0. The summed E-state index contributed by atoms with van der Waals surface area (Å²) in [5.74, 6) is 2.53. The van der Waals surface area contributed by atoms with Crippen LogP contribution >= 0.6 is 0 Å². The van der Waals surface area contributed by atoms with E-state index in [2.05, 4.69) is 15.3 Å². The monoisotopic (exact) mass is 490 g/mol. The number of carbonyl (C=O) groups is 1. The molecule has 2 atom stereocenters. The molecule has 0 radical (unpaired) electrons. The van der Waals surface area contributed by atoms with Crippen molar-refractivity contribution < 1.29 is 14.6 Å². The molecule has 190 valence electrons. The van der Waals surface area contributed by atoms with Gasteiger partial charge < -0.3 is 30.7 Å². The van der Waals surface area contributed by atoms with Gasteiger partial charge in [0.1, 0.15) is 29.5 Å². The molecule has 0 spiro atoms. The van der Waals surface area contributed by atoms with E-state index in [-0.39, 0.29) is 11.8 Å². The first-order chi connectivity index (χ1) is 17.4. The number of nitrogens with one attached hydrogen (secondary N) is 1. The lowest BCUT2D eigenvalue weighted by molar-refractivity contribution is -0.135. The van der Waals surface area contributed by atoms with E-state index in [1.165, 1.54) is 6.33 Å². The minimum absolute atomic E-state index is 0.00594. The summed E-state index contributed by atoms with van der Waals surface area (Å²) in [4.78, 5) is 24.8. The predicted octanol–water partition coefficient (Wildman–Crippen LogP) is 3.09. The topological polar surface area (TPSA) is 117 Å². The van der Waals surface area contributed by atoms with Crippen LogP contribution in [-0.4, -0.2) is 77.2 Å². The number of para-hydroxylation sites is 1.